The van der Waals surface area contributed by atoms with Gasteiger partial charge in [-0.2, -0.15) is 0 Å². The van der Waals surface area contributed by atoms with Gasteiger partial charge in [0.05, 0.1) is 6.61 Å². The Kier molecular flexibility index (Phi) is 4.20. The number of ketones is 1. The highest BCUT2D eigenvalue weighted by Crippen LogP contribution is 2.00. The molecule has 0 saturated carbocycles. The molecule has 0 radical (unpaired) electrons. The van der Waals surface area contributed by atoms with Crippen LogP contribution in [0.4, 0.5) is 0 Å². The Balaban J connectivity index is 4.00. The highest BCUT2D eigenvalue weighted by atomic mass is 16.4. The monoisotopic (exact) mass is 164 g/mol. The van der Waals surface area contributed by atoms with Crippen LogP contribution in [0.2, 0.25) is 0 Å². The summed E-state index contributed by atoms with van der Waals surface area (Å²) < 4.78 is 0. The second-order valence-electron chi connectivity index (χ2n) is 2.30. The van der Waals surface area contributed by atoms with Gasteiger partial charge in [0, 0.05) is 0 Å². The van der Waals surface area contributed by atoms with Crippen LogP contribution in [-0.4, -0.2) is 51.1 Å². The smallest absolute Gasteiger partial charge is 0.160 e. The van der Waals surface area contributed by atoms with Crippen LogP contribution < -0.4 is 0 Å². The fourth-order valence-corrected chi connectivity index (χ4v) is 0.559. The van der Waals surface area contributed by atoms with E-state index >= 15 is 0 Å². The quantitative estimate of drug-likeness (QED) is 0.373. The first-order valence-electron chi connectivity index (χ1n) is 3.16. The highest BCUT2D eigenvalue weighted by molar-refractivity contribution is 5.80. The first-order chi connectivity index (χ1) is 5.00. The topological polar surface area (TPSA) is 98.0 Å². The molecule has 0 rings (SSSR count). The second-order valence-corrected chi connectivity index (χ2v) is 2.30. The van der Waals surface area contributed by atoms with E-state index in [0.717, 1.165) is 6.92 Å². The van der Waals surface area contributed by atoms with Crippen molar-refractivity contribution in [3.8, 4) is 0 Å². The van der Waals surface area contributed by atoms with Gasteiger partial charge in [-0.15, -0.1) is 0 Å². The molecule has 0 bridgehead atoms. The normalized spacial score (nSPS) is 19.0. The Morgan fingerprint density at radius 1 is 1.36 bits per heavy atom. The number of Topliss-reactive ketones (excluding diaryl/α,β-unsaturated/α-hetero) is 1. The third kappa shape index (κ3) is 2.94. The molecule has 0 aliphatic heterocycles. The number of hydrogen-bond acceptors (Lipinski definition) is 5. The van der Waals surface area contributed by atoms with Crippen LogP contribution >= 0.6 is 0 Å². The lowest BCUT2D eigenvalue weighted by Crippen LogP contribution is -2.42. The minimum Gasteiger partial charge on any atom is -0.394 e. The third-order valence-electron chi connectivity index (χ3n) is 1.32. The molecule has 5 nitrogen and oxygen atoms in total. The van der Waals surface area contributed by atoms with Crippen LogP contribution in [0.25, 0.3) is 0 Å². The Hall–Kier alpha value is -0.490. The summed E-state index contributed by atoms with van der Waals surface area (Å²) in [5, 5.41) is 34.7. The molecule has 5 heteroatoms. The third-order valence-corrected chi connectivity index (χ3v) is 1.32. The van der Waals surface area contributed by atoms with Crippen molar-refractivity contribution < 1.29 is 25.2 Å². The highest BCUT2D eigenvalue weighted by Gasteiger charge is 2.26. The molecule has 4 N–H and O–H groups in total. The largest absolute Gasteiger partial charge is 0.394 e. The number of aliphatic hydroxyl groups excluding tert-OH is 4. The lowest BCUT2D eigenvalue weighted by molar-refractivity contribution is -0.137. The van der Waals surface area contributed by atoms with Crippen molar-refractivity contribution in [2.24, 2.45) is 0 Å². The number of rotatable bonds is 4. The van der Waals surface area contributed by atoms with Crippen LogP contribution in [0, 0.1) is 0 Å². The van der Waals surface area contributed by atoms with Gasteiger partial charge in [-0.25, -0.2) is 0 Å². The second kappa shape index (κ2) is 4.40. The van der Waals surface area contributed by atoms with Gasteiger partial charge in [-0.1, -0.05) is 0 Å². The number of aliphatic hydroxyl groups is 4. The Bertz CT molecular complexity index is 135. The molecule has 0 amide bonds. The van der Waals surface area contributed by atoms with Gasteiger partial charge in [0.25, 0.3) is 0 Å². The summed E-state index contributed by atoms with van der Waals surface area (Å²) in [4.78, 5) is 10.4. The standard InChI is InChI=1S/C6H12O5/c1-3(8)5(10)6(11)4(9)2-7/h4-7,9-11H,2H2,1H3/t4-,5+,6-/m1/s1. The lowest BCUT2D eigenvalue weighted by atomic mass is 10.1. The van der Waals surface area contributed by atoms with Crippen molar-refractivity contribution in [2.45, 2.75) is 25.2 Å². The van der Waals surface area contributed by atoms with E-state index in [0.29, 0.717) is 0 Å². The molecule has 0 unspecified atom stereocenters. The van der Waals surface area contributed by atoms with Crippen molar-refractivity contribution in [1.82, 2.24) is 0 Å². The van der Waals surface area contributed by atoms with Crippen molar-refractivity contribution in [1.29, 1.82) is 0 Å². The molecular weight excluding hydrogens is 152 g/mol. The van der Waals surface area contributed by atoms with Crippen molar-refractivity contribution in [3.05, 3.63) is 0 Å². The van der Waals surface area contributed by atoms with Crippen molar-refractivity contribution in [2.75, 3.05) is 6.61 Å². The van der Waals surface area contributed by atoms with E-state index in [9.17, 15) is 4.79 Å². The SMILES string of the molecule is CC(=O)[C@H](O)[C@H](O)[C@H](O)CO. The van der Waals surface area contributed by atoms with Crippen molar-refractivity contribution in [3.63, 3.8) is 0 Å². The zero-order valence-electron chi connectivity index (χ0n) is 6.14. The number of carbonyl (C=O) groups excluding carboxylic acids is 1. The number of carbonyl (C=O) groups is 1. The summed E-state index contributed by atoms with van der Waals surface area (Å²) in [6.45, 7) is 0.392. The van der Waals surface area contributed by atoms with Crippen LogP contribution in [0.1, 0.15) is 6.92 Å². The molecule has 0 spiro atoms. The van der Waals surface area contributed by atoms with Gasteiger partial charge in [0.15, 0.2) is 5.78 Å². The summed E-state index contributed by atoms with van der Waals surface area (Å²) in [6, 6.07) is 0. The van der Waals surface area contributed by atoms with Gasteiger partial charge >= 0.3 is 0 Å². The predicted molar refractivity (Wildman–Crippen MR) is 35.8 cm³/mol. The molecular formula is C6H12O5. The summed E-state index contributed by atoms with van der Waals surface area (Å²) in [5.41, 5.74) is 0. The van der Waals surface area contributed by atoms with E-state index < -0.39 is 30.7 Å². The zero-order valence-corrected chi connectivity index (χ0v) is 6.14. The molecule has 66 valence electrons. The Morgan fingerprint density at radius 3 is 2.09 bits per heavy atom. The van der Waals surface area contributed by atoms with Gasteiger partial charge in [-0.05, 0) is 6.92 Å². The molecule has 0 aliphatic carbocycles. The van der Waals surface area contributed by atoms with Gasteiger partial charge in [0.1, 0.15) is 18.3 Å². The fourth-order valence-electron chi connectivity index (χ4n) is 0.559. The van der Waals surface area contributed by atoms with Gasteiger partial charge in [0.2, 0.25) is 0 Å². The summed E-state index contributed by atoms with van der Waals surface area (Å²) in [6.07, 6.45) is -4.72. The summed E-state index contributed by atoms with van der Waals surface area (Å²) in [7, 11) is 0. The van der Waals surface area contributed by atoms with Crippen LogP contribution in [-0.2, 0) is 4.79 Å². The lowest BCUT2D eigenvalue weighted by Gasteiger charge is -2.18. The van der Waals surface area contributed by atoms with Crippen LogP contribution in [0.15, 0.2) is 0 Å². The average Bonchev–Trinajstić information content (AvgIpc) is 2.00. The molecule has 0 aromatic heterocycles. The number of hydrogen-bond donors (Lipinski definition) is 4. The molecule has 3 atom stereocenters. The van der Waals surface area contributed by atoms with E-state index in [-0.39, 0.29) is 0 Å². The van der Waals surface area contributed by atoms with Gasteiger partial charge < -0.3 is 20.4 Å². The maximum absolute atomic E-state index is 10.4. The first-order valence-corrected chi connectivity index (χ1v) is 3.16. The molecule has 0 fully saturated rings. The Morgan fingerprint density at radius 2 is 1.82 bits per heavy atom. The van der Waals surface area contributed by atoms with E-state index in [1.165, 1.54) is 0 Å². The molecule has 0 saturated heterocycles. The molecule has 0 heterocycles. The molecule has 11 heavy (non-hydrogen) atoms. The van der Waals surface area contributed by atoms with E-state index in [1.54, 1.807) is 0 Å². The average molecular weight is 164 g/mol. The van der Waals surface area contributed by atoms with E-state index in [2.05, 4.69) is 0 Å². The molecule has 0 aromatic rings. The van der Waals surface area contributed by atoms with Gasteiger partial charge in [-0.3, -0.25) is 4.79 Å². The maximum atomic E-state index is 10.4. The molecule has 0 aromatic carbocycles. The zero-order chi connectivity index (χ0) is 9.02. The first kappa shape index (κ1) is 10.5. The van der Waals surface area contributed by atoms with Crippen LogP contribution in [0.3, 0.4) is 0 Å². The van der Waals surface area contributed by atoms with E-state index in [4.69, 9.17) is 20.4 Å². The maximum Gasteiger partial charge on any atom is 0.160 e. The minimum absolute atomic E-state index is 0.648. The minimum atomic E-state index is -1.63. The van der Waals surface area contributed by atoms with Crippen LogP contribution in [0.5, 0.6) is 0 Å². The summed E-state index contributed by atoms with van der Waals surface area (Å²) >= 11 is 0. The van der Waals surface area contributed by atoms with E-state index in [1.807, 2.05) is 0 Å². The predicted octanol–water partition coefficient (Wildman–Crippen LogP) is -2.35. The Labute approximate surface area is 63.9 Å². The van der Waals surface area contributed by atoms with Crippen molar-refractivity contribution >= 4 is 5.78 Å². The fraction of sp³-hybridized carbons (Fsp3) is 0.833. The summed E-state index contributed by atoms with van der Waals surface area (Å²) in [5.74, 6) is -0.648. The molecule has 0 aliphatic rings.